The van der Waals surface area contributed by atoms with Crippen LogP contribution in [0.15, 0.2) is 23.3 Å². The number of benzene rings is 1. The second-order valence-corrected chi connectivity index (χ2v) is 7.78. The van der Waals surface area contributed by atoms with E-state index in [4.69, 9.17) is 9.47 Å². The Labute approximate surface area is 166 Å². The number of hydrogen-bond donors (Lipinski definition) is 1. The van der Waals surface area contributed by atoms with Crippen molar-refractivity contribution in [2.75, 3.05) is 13.2 Å². The van der Waals surface area contributed by atoms with Crippen molar-refractivity contribution in [1.82, 2.24) is 10.3 Å². The van der Waals surface area contributed by atoms with Gasteiger partial charge in [-0.15, -0.1) is 5.01 Å². The van der Waals surface area contributed by atoms with Crippen LogP contribution in [-0.2, 0) is 4.79 Å². The Morgan fingerprint density at radius 2 is 1.93 bits per heavy atom. The molecule has 0 atom stereocenters. The van der Waals surface area contributed by atoms with Crippen molar-refractivity contribution >= 4 is 18.2 Å². The van der Waals surface area contributed by atoms with E-state index in [0.717, 1.165) is 29.8 Å². The van der Waals surface area contributed by atoms with Crippen molar-refractivity contribution in [1.29, 1.82) is 0 Å². The van der Waals surface area contributed by atoms with Crippen molar-refractivity contribution in [3.8, 4) is 11.5 Å². The summed E-state index contributed by atoms with van der Waals surface area (Å²) in [4.78, 5) is 25.1. The summed E-state index contributed by atoms with van der Waals surface area (Å²) in [5, 5.41) is 7.97. The number of carbonyl (C=O) groups is 2. The number of rotatable bonds is 7. The second-order valence-electron chi connectivity index (χ2n) is 7.78. The predicted octanol–water partition coefficient (Wildman–Crippen LogP) is 3.71. The Hall–Kier alpha value is -2.57. The summed E-state index contributed by atoms with van der Waals surface area (Å²) in [6.45, 7) is 7.17. The first-order chi connectivity index (χ1) is 13.4. The van der Waals surface area contributed by atoms with Gasteiger partial charge in [0, 0.05) is 0 Å². The van der Waals surface area contributed by atoms with E-state index in [0.29, 0.717) is 43.5 Å². The Morgan fingerprint density at radius 3 is 2.61 bits per heavy atom. The van der Waals surface area contributed by atoms with Gasteiger partial charge in [0.25, 0.3) is 5.91 Å². The molecule has 28 heavy (non-hydrogen) atoms. The van der Waals surface area contributed by atoms with E-state index < -0.39 is 11.6 Å². The van der Waals surface area contributed by atoms with Crippen molar-refractivity contribution in [3.05, 3.63) is 23.8 Å². The van der Waals surface area contributed by atoms with Crippen molar-refractivity contribution in [3.63, 3.8) is 0 Å². The molecule has 0 unspecified atom stereocenters. The molecular weight excluding hydrogens is 358 g/mol. The molecule has 1 saturated carbocycles. The fourth-order valence-electron chi connectivity index (χ4n) is 3.58. The lowest BCUT2D eigenvalue weighted by atomic mass is 9.82. The molecule has 152 valence electrons. The van der Waals surface area contributed by atoms with Gasteiger partial charge in [0.2, 0.25) is 0 Å². The molecule has 0 aromatic heterocycles. The molecule has 3 rings (SSSR count). The van der Waals surface area contributed by atoms with Gasteiger partial charge in [-0.1, -0.05) is 33.1 Å². The van der Waals surface area contributed by atoms with E-state index in [2.05, 4.69) is 24.3 Å². The van der Waals surface area contributed by atoms with Gasteiger partial charge in [0.05, 0.1) is 19.4 Å². The lowest BCUT2D eigenvalue weighted by Gasteiger charge is -2.29. The fraction of sp³-hybridized carbons (Fsp3) is 0.571. The van der Waals surface area contributed by atoms with Gasteiger partial charge in [-0.3, -0.25) is 4.79 Å². The number of hydrazone groups is 1. The molecule has 1 N–H and O–H groups in total. The van der Waals surface area contributed by atoms with Gasteiger partial charge in [-0.25, -0.2) is 4.79 Å². The zero-order valence-electron chi connectivity index (χ0n) is 16.9. The second kappa shape index (κ2) is 8.63. The summed E-state index contributed by atoms with van der Waals surface area (Å²) in [5.41, 5.74) is -0.0388. The Kier molecular flexibility index (Phi) is 6.21. The Balaban J connectivity index is 1.75. The summed E-state index contributed by atoms with van der Waals surface area (Å²) in [6.07, 6.45) is 5.85. The number of nitrogens with zero attached hydrogens (tertiary/aromatic N) is 2. The van der Waals surface area contributed by atoms with Gasteiger partial charge in [-0.2, -0.15) is 5.10 Å². The zero-order valence-corrected chi connectivity index (χ0v) is 16.9. The maximum atomic E-state index is 12.8. The van der Waals surface area contributed by atoms with E-state index in [9.17, 15) is 9.59 Å². The largest absolute Gasteiger partial charge is 0.490 e. The van der Waals surface area contributed by atoms with Gasteiger partial charge >= 0.3 is 6.03 Å². The average molecular weight is 387 g/mol. The van der Waals surface area contributed by atoms with E-state index in [-0.39, 0.29) is 5.91 Å². The van der Waals surface area contributed by atoms with E-state index in [1.165, 1.54) is 6.21 Å². The summed E-state index contributed by atoms with van der Waals surface area (Å²) >= 11 is 0. The first kappa shape index (κ1) is 20.2. The minimum absolute atomic E-state index is 0.254. The Morgan fingerprint density at radius 1 is 1.18 bits per heavy atom. The Bertz CT molecular complexity index is 754. The van der Waals surface area contributed by atoms with Crippen LogP contribution >= 0.6 is 0 Å². The van der Waals surface area contributed by atoms with Crippen molar-refractivity contribution in [2.45, 2.75) is 58.4 Å². The number of hydrogen-bond acceptors (Lipinski definition) is 5. The van der Waals surface area contributed by atoms with E-state index in [1.807, 2.05) is 19.1 Å². The van der Waals surface area contributed by atoms with E-state index >= 15 is 0 Å². The number of nitrogens with one attached hydrogen (secondary N) is 1. The molecule has 1 saturated heterocycles. The molecule has 0 bridgehead atoms. The van der Waals surface area contributed by atoms with Gasteiger partial charge in [0.15, 0.2) is 11.5 Å². The molecule has 1 heterocycles. The molecule has 1 aromatic carbocycles. The number of carbonyl (C=O) groups excluding carboxylic acids is 2. The molecule has 7 heteroatoms. The smallest absolute Gasteiger partial charge is 0.346 e. The highest BCUT2D eigenvalue weighted by atomic mass is 16.5. The van der Waals surface area contributed by atoms with Crippen molar-refractivity contribution in [2.24, 2.45) is 11.0 Å². The molecule has 1 aromatic rings. The lowest BCUT2D eigenvalue weighted by Crippen LogP contribution is -2.48. The third kappa shape index (κ3) is 4.29. The van der Waals surface area contributed by atoms with Gasteiger partial charge in [0.1, 0.15) is 5.54 Å². The molecule has 3 amide bonds. The molecular formula is C21H29N3O4. The highest BCUT2D eigenvalue weighted by Crippen LogP contribution is 2.34. The van der Waals surface area contributed by atoms with Gasteiger partial charge in [-0.05, 0) is 49.4 Å². The van der Waals surface area contributed by atoms with Crippen LogP contribution in [0.25, 0.3) is 0 Å². The van der Waals surface area contributed by atoms with Crippen LogP contribution in [0, 0.1) is 5.92 Å². The third-order valence-corrected chi connectivity index (χ3v) is 5.01. The molecule has 1 aliphatic carbocycles. The summed E-state index contributed by atoms with van der Waals surface area (Å²) in [5.74, 6) is 1.44. The minimum atomic E-state index is -0.766. The van der Waals surface area contributed by atoms with Gasteiger partial charge < -0.3 is 14.8 Å². The summed E-state index contributed by atoms with van der Waals surface area (Å²) < 4.78 is 11.5. The quantitative estimate of drug-likeness (QED) is 0.571. The average Bonchev–Trinajstić information content (AvgIpc) is 2.89. The van der Waals surface area contributed by atoms with Crippen LogP contribution in [0.1, 0.15) is 58.4 Å². The van der Waals surface area contributed by atoms with Crippen molar-refractivity contribution < 1.29 is 19.1 Å². The predicted molar refractivity (Wildman–Crippen MR) is 107 cm³/mol. The summed E-state index contributed by atoms with van der Waals surface area (Å²) in [7, 11) is 0. The molecule has 0 radical (unpaired) electrons. The van der Waals surface area contributed by atoms with Crippen LogP contribution in [0.3, 0.4) is 0 Å². The number of imide groups is 1. The third-order valence-electron chi connectivity index (χ3n) is 5.01. The summed E-state index contributed by atoms with van der Waals surface area (Å²) in [6, 6.07) is 5.00. The first-order valence-corrected chi connectivity index (χ1v) is 10.1. The molecule has 1 spiro atoms. The number of amides is 3. The molecule has 2 fully saturated rings. The fourth-order valence-corrected chi connectivity index (χ4v) is 3.58. The highest BCUT2D eigenvalue weighted by Gasteiger charge is 2.51. The topological polar surface area (TPSA) is 80.2 Å². The monoisotopic (exact) mass is 387 g/mol. The SMILES string of the molecule is CCOc1cc(/C=N\N2C(=O)NC3(CCCCC3)C2=O)ccc1OCC(C)C. The lowest BCUT2D eigenvalue weighted by molar-refractivity contribution is -0.132. The van der Waals surface area contributed by atoms with Crippen LogP contribution < -0.4 is 14.8 Å². The molecule has 1 aliphatic heterocycles. The van der Waals surface area contributed by atoms with Crippen LogP contribution in [0.5, 0.6) is 11.5 Å². The van der Waals surface area contributed by atoms with Crippen LogP contribution in [0.2, 0.25) is 0 Å². The standard InChI is InChI=1S/C21H29N3O4/c1-4-27-18-12-16(8-9-17(18)28-14-15(2)3)13-22-24-19(25)21(23-20(24)26)10-6-5-7-11-21/h8-9,12-13,15H,4-7,10-11,14H2,1-3H3,(H,23,26)/b22-13-. The zero-order chi connectivity index (χ0) is 20.1. The molecule has 2 aliphatic rings. The number of urea groups is 1. The molecule has 7 nitrogen and oxygen atoms in total. The maximum absolute atomic E-state index is 12.8. The van der Waals surface area contributed by atoms with E-state index in [1.54, 1.807) is 6.07 Å². The minimum Gasteiger partial charge on any atom is -0.490 e. The maximum Gasteiger partial charge on any atom is 0.346 e. The number of ether oxygens (including phenoxy) is 2. The van der Waals surface area contributed by atoms with Crippen LogP contribution in [-0.4, -0.2) is 41.9 Å². The highest BCUT2D eigenvalue weighted by molar-refractivity contribution is 6.07. The normalized spacial score (nSPS) is 18.9. The van der Waals surface area contributed by atoms with Crippen LogP contribution in [0.4, 0.5) is 4.79 Å². The first-order valence-electron chi connectivity index (χ1n) is 10.1.